The second-order valence-electron chi connectivity index (χ2n) is 8.19. The highest BCUT2D eigenvalue weighted by Crippen LogP contribution is 2.55. The summed E-state index contributed by atoms with van der Waals surface area (Å²) in [6, 6.07) is 3.12. The molecule has 2 N–H and O–H groups in total. The van der Waals surface area contributed by atoms with E-state index in [1.165, 1.54) is 31.0 Å². The van der Waals surface area contributed by atoms with E-state index in [9.17, 15) is 9.59 Å². The van der Waals surface area contributed by atoms with Crippen LogP contribution in [0.25, 0.3) is 0 Å². The third-order valence-corrected chi connectivity index (χ3v) is 7.57. The molecule has 4 aliphatic rings. The monoisotopic (exact) mass is 393 g/mol. The Morgan fingerprint density at radius 2 is 1.85 bits per heavy atom. The Labute approximate surface area is 163 Å². The first-order chi connectivity index (χ1) is 12.4. The standard InChI is InChI=1S/C19H24ClN3O2S/c1-11(26-17-15(20)3-2-4-21-17)16(24)22-18(25)23-19-8-12-5-13(9-19)7-14(6-12)10-19/h2-4,11-14H,5-10H2,1H3,(H2,22,23,24,25). The first kappa shape index (κ1) is 18.1. The van der Waals surface area contributed by atoms with E-state index in [1.807, 2.05) is 0 Å². The number of nitrogens with one attached hydrogen (secondary N) is 2. The molecule has 1 aromatic heterocycles. The Kier molecular flexibility index (Phi) is 4.90. The van der Waals surface area contributed by atoms with Gasteiger partial charge in [-0.05, 0) is 75.3 Å². The molecule has 1 heterocycles. The third kappa shape index (κ3) is 3.72. The van der Waals surface area contributed by atoms with E-state index in [0.29, 0.717) is 10.0 Å². The molecule has 4 fully saturated rings. The molecule has 1 unspecified atom stereocenters. The van der Waals surface area contributed by atoms with Gasteiger partial charge in [0.15, 0.2) is 0 Å². The van der Waals surface area contributed by atoms with Crippen LogP contribution in [0.3, 0.4) is 0 Å². The number of amides is 3. The molecule has 1 atom stereocenters. The molecule has 26 heavy (non-hydrogen) atoms. The van der Waals surface area contributed by atoms with Crippen LogP contribution in [-0.4, -0.2) is 27.7 Å². The SMILES string of the molecule is CC(Sc1ncccc1Cl)C(=O)NC(=O)NC12CC3CC(CC(C3)C1)C2. The van der Waals surface area contributed by atoms with Crippen molar-refractivity contribution in [2.45, 2.75) is 61.3 Å². The van der Waals surface area contributed by atoms with E-state index in [-0.39, 0.29) is 17.5 Å². The zero-order chi connectivity index (χ0) is 18.3. The second-order valence-corrected chi connectivity index (χ2v) is 9.93. The van der Waals surface area contributed by atoms with Gasteiger partial charge in [-0.25, -0.2) is 9.78 Å². The number of nitrogens with zero attached hydrogens (tertiary/aromatic N) is 1. The van der Waals surface area contributed by atoms with Gasteiger partial charge in [-0.3, -0.25) is 10.1 Å². The largest absolute Gasteiger partial charge is 0.332 e. The minimum Gasteiger partial charge on any atom is -0.332 e. The van der Waals surface area contributed by atoms with Crippen molar-refractivity contribution >= 4 is 35.3 Å². The van der Waals surface area contributed by atoms with E-state index < -0.39 is 5.25 Å². The molecule has 4 saturated carbocycles. The number of urea groups is 1. The summed E-state index contributed by atoms with van der Waals surface area (Å²) in [4.78, 5) is 29.0. The molecule has 0 spiro atoms. The van der Waals surface area contributed by atoms with Gasteiger partial charge < -0.3 is 5.32 Å². The van der Waals surface area contributed by atoms with E-state index >= 15 is 0 Å². The van der Waals surface area contributed by atoms with Crippen LogP contribution < -0.4 is 10.6 Å². The lowest BCUT2D eigenvalue weighted by Crippen LogP contribution is -2.62. The van der Waals surface area contributed by atoms with Gasteiger partial charge in [0.25, 0.3) is 0 Å². The Morgan fingerprint density at radius 1 is 1.23 bits per heavy atom. The van der Waals surface area contributed by atoms with Crippen molar-refractivity contribution < 1.29 is 9.59 Å². The highest BCUT2D eigenvalue weighted by atomic mass is 35.5. The number of hydrogen-bond acceptors (Lipinski definition) is 4. The highest BCUT2D eigenvalue weighted by molar-refractivity contribution is 8.00. The predicted octanol–water partition coefficient (Wildman–Crippen LogP) is 4.01. The van der Waals surface area contributed by atoms with Crippen LogP contribution in [0.5, 0.6) is 0 Å². The van der Waals surface area contributed by atoms with Gasteiger partial charge in [-0.1, -0.05) is 23.4 Å². The fraction of sp³-hybridized carbons (Fsp3) is 0.632. The summed E-state index contributed by atoms with van der Waals surface area (Å²) >= 11 is 7.34. The van der Waals surface area contributed by atoms with Crippen molar-refractivity contribution in [1.29, 1.82) is 0 Å². The zero-order valence-electron chi connectivity index (χ0n) is 14.8. The van der Waals surface area contributed by atoms with Gasteiger partial charge >= 0.3 is 6.03 Å². The summed E-state index contributed by atoms with van der Waals surface area (Å²) in [5.41, 5.74) is -0.0974. The Balaban J connectivity index is 1.33. The third-order valence-electron chi connectivity index (χ3n) is 6.04. The molecule has 140 valence electrons. The highest BCUT2D eigenvalue weighted by Gasteiger charge is 2.51. The summed E-state index contributed by atoms with van der Waals surface area (Å²) in [6.45, 7) is 1.75. The maximum Gasteiger partial charge on any atom is 0.321 e. The molecule has 4 aliphatic carbocycles. The lowest BCUT2D eigenvalue weighted by atomic mass is 9.53. The molecule has 5 rings (SSSR count). The van der Waals surface area contributed by atoms with Crippen LogP contribution in [0.1, 0.15) is 45.4 Å². The van der Waals surface area contributed by atoms with Gasteiger partial charge in [0.2, 0.25) is 5.91 Å². The number of hydrogen-bond donors (Lipinski definition) is 2. The Bertz CT molecular complexity index is 691. The van der Waals surface area contributed by atoms with E-state index in [2.05, 4.69) is 15.6 Å². The fourth-order valence-electron chi connectivity index (χ4n) is 5.43. The van der Waals surface area contributed by atoms with E-state index in [1.54, 1.807) is 25.3 Å². The van der Waals surface area contributed by atoms with Crippen molar-refractivity contribution in [1.82, 2.24) is 15.6 Å². The quantitative estimate of drug-likeness (QED) is 0.758. The first-order valence-electron chi connectivity index (χ1n) is 9.33. The molecular weight excluding hydrogens is 370 g/mol. The van der Waals surface area contributed by atoms with Crippen LogP contribution in [0.4, 0.5) is 4.79 Å². The number of carbonyl (C=O) groups excluding carboxylic acids is 2. The van der Waals surface area contributed by atoms with Gasteiger partial charge in [-0.15, -0.1) is 0 Å². The summed E-state index contributed by atoms with van der Waals surface area (Å²) in [5.74, 6) is 1.92. The smallest absolute Gasteiger partial charge is 0.321 e. The average molecular weight is 394 g/mol. The molecule has 1 aromatic rings. The molecule has 0 aliphatic heterocycles. The van der Waals surface area contributed by atoms with Crippen molar-refractivity contribution in [3.8, 4) is 0 Å². The Hall–Kier alpha value is -1.27. The van der Waals surface area contributed by atoms with Crippen LogP contribution in [0, 0.1) is 17.8 Å². The summed E-state index contributed by atoms with van der Waals surface area (Å²) in [5, 5.41) is 6.33. The molecule has 0 radical (unpaired) electrons. The first-order valence-corrected chi connectivity index (χ1v) is 10.6. The molecule has 3 amide bonds. The van der Waals surface area contributed by atoms with Crippen molar-refractivity contribution in [2.24, 2.45) is 17.8 Å². The van der Waals surface area contributed by atoms with Crippen LogP contribution in [0.15, 0.2) is 23.4 Å². The Morgan fingerprint density at radius 3 is 2.42 bits per heavy atom. The van der Waals surface area contributed by atoms with Gasteiger partial charge in [0, 0.05) is 11.7 Å². The zero-order valence-corrected chi connectivity index (χ0v) is 16.4. The normalized spacial score (nSPS) is 32.9. The lowest BCUT2D eigenvalue weighted by molar-refractivity contribution is -0.119. The van der Waals surface area contributed by atoms with Crippen molar-refractivity contribution in [3.63, 3.8) is 0 Å². The summed E-state index contributed by atoms with van der Waals surface area (Å²) in [6.07, 6.45) is 8.79. The maximum atomic E-state index is 12.5. The summed E-state index contributed by atoms with van der Waals surface area (Å²) in [7, 11) is 0. The van der Waals surface area contributed by atoms with Gasteiger partial charge in [0.05, 0.1) is 10.3 Å². The number of carbonyl (C=O) groups is 2. The summed E-state index contributed by atoms with van der Waals surface area (Å²) < 4.78 is 0. The van der Waals surface area contributed by atoms with Gasteiger partial charge in [0.1, 0.15) is 5.03 Å². The van der Waals surface area contributed by atoms with Crippen molar-refractivity contribution in [2.75, 3.05) is 0 Å². The number of thioether (sulfide) groups is 1. The average Bonchev–Trinajstić information content (AvgIpc) is 2.54. The van der Waals surface area contributed by atoms with Gasteiger partial charge in [-0.2, -0.15) is 0 Å². The molecule has 7 heteroatoms. The van der Waals surface area contributed by atoms with Crippen LogP contribution in [0.2, 0.25) is 5.02 Å². The molecule has 4 bridgehead atoms. The molecule has 0 aromatic carbocycles. The predicted molar refractivity (Wildman–Crippen MR) is 102 cm³/mol. The number of pyridine rings is 1. The second kappa shape index (κ2) is 7.04. The minimum absolute atomic E-state index is 0.0974. The molecule has 5 nitrogen and oxygen atoms in total. The molecular formula is C19H24ClN3O2S. The number of rotatable bonds is 4. The van der Waals surface area contributed by atoms with Crippen molar-refractivity contribution in [3.05, 3.63) is 23.4 Å². The fourth-order valence-corrected chi connectivity index (χ4v) is 6.49. The minimum atomic E-state index is -0.454. The van der Waals surface area contributed by atoms with Crippen LogP contribution in [-0.2, 0) is 4.79 Å². The van der Waals surface area contributed by atoms with E-state index in [4.69, 9.17) is 11.6 Å². The number of imide groups is 1. The lowest BCUT2D eigenvalue weighted by Gasteiger charge is -2.56. The van der Waals surface area contributed by atoms with Crippen LogP contribution >= 0.6 is 23.4 Å². The molecule has 0 saturated heterocycles. The number of aromatic nitrogens is 1. The topological polar surface area (TPSA) is 71.1 Å². The number of halogens is 1. The van der Waals surface area contributed by atoms with E-state index in [0.717, 1.165) is 37.0 Å². The maximum absolute atomic E-state index is 12.5.